The van der Waals surface area contributed by atoms with Gasteiger partial charge in [-0.1, -0.05) is 0 Å². The van der Waals surface area contributed by atoms with Crippen LogP contribution < -0.4 is 15.4 Å². The summed E-state index contributed by atoms with van der Waals surface area (Å²) in [5, 5.41) is 0. The third-order valence-corrected chi connectivity index (χ3v) is 2.64. The van der Waals surface area contributed by atoms with Gasteiger partial charge in [0, 0.05) is 25.2 Å². The minimum absolute atomic E-state index is 0.127. The lowest BCUT2D eigenvalue weighted by Crippen LogP contribution is -2.32. The number of hydrogen-bond donors (Lipinski definition) is 1. The second kappa shape index (κ2) is 5.31. The second-order valence-electron chi connectivity index (χ2n) is 4.59. The van der Waals surface area contributed by atoms with Crippen molar-refractivity contribution >= 4 is 5.82 Å². The molecule has 1 aromatic heterocycles. The van der Waals surface area contributed by atoms with Gasteiger partial charge in [0.05, 0.1) is 6.10 Å². The highest BCUT2D eigenvalue weighted by Crippen LogP contribution is 2.31. The normalized spacial score (nSPS) is 15.1. The van der Waals surface area contributed by atoms with E-state index in [1.807, 2.05) is 19.9 Å². The van der Waals surface area contributed by atoms with Gasteiger partial charge in [-0.2, -0.15) is 0 Å². The average molecular weight is 236 g/mol. The number of ether oxygens (including phenoxy) is 1. The third-order valence-electron chi connectivity index (χ3n) is 2.64. The first-order valence-electron chi connectivity index (χ1n) is 6.16. The van der Waals surface area contributed by atoms with Gasteiger partial charge in [-0.3, -0.25) is 0 Å². The maximum absolute atomic E-state index is 5.63. The van der Waals surface area contributed by atoms with Gasteiger partial charge in [0.15, 0.2) is 0 Å². The molecule has 2 N–H and O–H groups in total. The molecule has 1 fully saturated rings. The van der Waals surface area contributed by atoms with Crippen LogP contribution in [0, 0.1) is 0 Å². The molecule has 5 nitrogen and oxygen atoms in total. The first-order valence-corrected chi connectivity index (χ1v) is 6.16. The molecule has 17 heavy (non-hydrogen) atoms. The largest absolute Gasteiger partial charge is 0.475 e. The monoisotopic (exact) mass is 236 g/mol. The van der Waals surface area contributed by atoms with Crippen molar-refractivity contribution in [3.8, 4) is 5.88 Å². The van der Waals surface area contributed by atoms with Gasteiger partial charge in [0.1, 0.15) is 12.1 Å². The van der Waals surface area contributed by atoms with Gasteiger partial charge in [-0.05, 0) is 26.7 Å². The molecule has 1 aromatic rings. The van der Waals surface area contributed by atoms with Crippen LogP contribution in [0.2, 0.25) is 0 Å². The van der Waals surface area contributed by atoms with Crippen LogP contribution in [-0.2, 0) is 0 Å². The van der Waals surface area contributed by atoms with E-state index >= 15 is 0 Å². The molecule has 0 unspecified atom stereocenters. The van der Waals surface area contributed by atoms with Crippen LogP contribution >= 0.6 is 0 Å². The lowest BCUT2D eigenvalue weighted by atomic mass is 10.4. The zero-order chi connectivity index (χ0) is 12.3. The molecule has 1 saturated carbocycles. The van der Waals surface area contributed by atoms with Gasteiger partial charge in [-0.15, -0.1) is 0 Å². The Morgan fingerprint density at radius 3 is 2.82 bits per heavy atom. The van der Waals surface area contributed by atoms with E-state index < -0.39 is 0 Å². The zero-order valence-electron chi connectivity index (χ0n) is 10.5. The summed E-state index contributed by atoms with van der Waals surface area (Å²) in [5.74, 6) is 1.55. The summed E-state index contributed by atoms with van der Waals surface area (Å²) in [6.45, 7) is 5.45. The molecule has 0 aromatic carbocycles. The Kier molecular flexibility index (Phi) is 3.78. The number of nitrogens with two attached hydrogens (primary N) is 1. The first-order chi connectivity index (χ1) is 8.20. The van der Waals surface area contributed by atoms with Crippen LogP contribution in [0.25, 0.3) is 0 Å². The fourth-order valence-electron chi connectivity index (χ4n) is 1.80. The molecule has 0 bridgehead atoms. The van der Waals surface area contributed by atoms with E-state index in [1.165, 1.54) is 12.8 Å². The highest BCUT2D eigenvalue weighted by molar-refractivity contribution is 5.43. The van der Waals surface area contributed by atoms with E-state index in [1.54, 1.807) is 6.33 Å². The van der Waals surface area contributed by atoms with Gasteiger partial charge in [0.2, 0.25) is 5.88 Å². The van der Waals surface area contributed by atoms with Gasteiger partial charge in [0.25, 0.3) is 0 Å². The molecule has 5 heteroatoms. The van der Waals surface area contributed by atoms with Crippen LogP contribution in [0.1, 0.15) is 26.7 Å². The summed E-state index contributed by atoms with van der Waals surface area (Å²) >= 11 is 0. The second-order valence-corrected chi connectivity index (χ2v) is 4.59. The molecule has 1 aliphatic rings. The quantitative estimate of drug-likeness (QED) is 0.803. The molecule has 0 atom stereocenters. The van der Waals surface area contributed by atoms with Crippen molar-refractivity contribution < 1.29 is 4.74 Å². The summed E-state index contributed by atoms with van der Waals surface area (Å²) in [6.07, 6.45) is 4.13. The van der Waals surface area contributed by atoms with E-state index in [-0.39, 0.29) is 6.10 Å². The van der Waals surface area contributed by atoms with Crippen molar-refractivity contribution in [1.82, 2.24) is 9.97 Å². The number of anilines is 1. The van der Waals surface area contributed by atoms with Crippen molar-refractivity contribution in [1.29, 1.82) is 0 Å². The van der Waals surface area contributed by atoms with Crippen molar-refractivity contribution in [2.45, 2.75) is 38.8 Å². The van der Waals surface area contributed by atoms with Gasteiger partial charge < -0.3 is 15.4 Å². The smallest absolute Gasteiger partial charge is 0.218 e. The van der Waals surface area contributed by atoms with Crippen LogP contribution in [-0.4, -0.2) is 35.2 Å². The topological polar surface area (TPSA) is 64.3 Å². The Labute approximate surface area is 102 Å². The predicted molar refractivity (Wildman–Crippen MR) is 67.2 cm³/mol. The van der Waals surface area contributed by atoms with Crippen LogP contribution in [0.4, 0.5) is 5.82 Å². The first kappa shape index (κ1) is 12.1. The molecule has 0 saturated heterocycles. The summed E-state index contributed by atoms with van der Waals surface area (Å²) in [7, 11) is 0. The Hall–Kier alpha value is -1.36. The summed E-state index contributed by atoms with van der Waals surface area (Å²) < 4.78 is 5.57. The van der Waals surface area contributed by atoms with E-state index in [0.29, 0.717) is 18.5 Å². The van der Waals surface area contributed by atoms with Crippen LogP contribution in [0.15, 0.2) is 12.4 Å². The van der Waals surface area contributed by atoms with E-state index in [9.17, 15) is 0 Å². The minimum atomic E-state index is 0.127. The molecular formula is C12H20N4O. The van der Waals surface area contributed by atoms with E-state index in [0.717, 1.165) is 12.4 Å². The standard InChI is InChI=1S/C12H20N4O/c1-9(2)17-12-7-11(14-8-15-12)16(6-5-13)10-3-4-10/h7-10H,3-6,13H2,1-2H3. The molecule has 1 heterocycles. The van der Waals surface area contributed by atoms with Crippen molar-refractivity contribution in [3.63, 3.8) is 0 Å². The average Bonchev–Trinajstić information content (AvgIpc) is 3.09. The van der Waals surface area contributed by atoms with Crippen molar-refractivity contribution in [2.24, 2.45) is 5.73 Å². The Morgan fingerprint density at radius 2 is 2.24 bits per heavy atom. The van der Waals surface area contributed by atoms with Crippen molar-refractivity contribution in [2.75, 3.05) is 18.0 Å². The maximum atomic E-state index is 5.63. The zero-order valence-corrected chi connectivity index (χ0v) is 10.5. The highest BCUT2D eigenvalue weighted by Gasteiger charge is 2.29. The van der Waals surface area contributed by atoms with Crippen LogP contribution in [0.5, 0.6) is 5.88 Å². The highest BCUT2D eigenvalue weighted by atomic mass is 16.5. The molecule has 94 valence electrons. The SMILES string of the molecule is CC(C)Oc1cc(N(CCN)C2CC2)ncn1. The van der Waals surface area contributed by atoms with Gasteiger partial charge >= 0.3 is 0 Å². The lowest BCUT2D eigenvalue weighted by molar-refractivity contribution is 0.232. The van der Waals surface area contributed by atoms with Gasteiger partial charge in [-0.25, -0.2) is 9.97 Å². The van der Waals surface area contributed by atoms with E-state index in [4.69, 9.17) is 10.5 Å². The Morgan fingerprint density at radius 1 is 1.47 bits per heavy atom. The summed E-state index contributed by atoms with van der Waals surface area (Å²) in [4.78, 5) is 10.7. The molecule has 2 rings (SSSR count). The fraction of sp³-hybridized carbons (Fsp3) is 0.667. The van der Waals surface area contributed by atoms with Crippen molar-refractivity contribution in [3.05, 3.63) is 12.4 Å². The third kappa shape index (κ3) is 3.30. The number of aromatic nitrogens is 2. The van der Waals surface area contributed by atoms with E-state index in [2.05, 4.69) is 14.9 Å². The molecule has 0 radical (unpaired) electrons. The fourth-order valence-corrected chi connectivity index (χ4v) is 1.80. The maximum Gasteiger partial charge on any atom is 0.218 e. The predicted octanol–water partition coefficient (Wildman–Crippen LogP) is 1.19. The Bertz CT molecular complexity index is 365. The lowest BCUT2D eigenvalue weighted by Gasteiger charge is -2.22. The Balaban J connectivity index is 2.12. The minimum Gasteiger partial charge on any atom is -0.475 e. The number of hydrogen-bond acceptors (Lipinski definition) is 5. The summed E-state index contributed by atoms with van der Waals surface area (Å²) in [6, 6.07) is 2.49. The van der Waals surface area contributed by atoms with Crippen LogP contribution in [0.3, 0.4) is 0 Å². The molecule has 0 aliphatic heterocycles. The molecular weight excluding hydrogens is 216 g/mol. The molecule has 0 amide bonds. The number of nitrogens with zero attached hydrogens (tertiary/aromatic N) is 3. The molecule has 0 spiro atoms. The molecule has 1 aliphatic carbocycles. The number of rotatable bonds is 6. The summed E-state index contributed by atoms with van der Waals surface area (Å²) in [5.41, 5.74) is 5.63.